The second-order valence-electron chi connectivity index (χ2n) is 7.17. The Morgan fingerprint density at radius 1 is 1.17 bits per heavy atom. The maximum atomic E-state index is 11.9. The first kappa shape index (κ1) is 17.2. The van der Waals surface area contributed by atoms with Crippen LogP contribution in [0.5, 0.6) is 0 Å². The summed E-state index contributed by atoms with van der Waals surface area (Å²) in [6.45, 7) is 8.66. The minimum Gasteiger partial charge on any atom is -0.369 e. The molecule has 1 aromatic rings. The first-order valence-electron chi connectivity index (χ1n) is 9.23. The van der Waals surface area contributed by atoms with Crippen LogP contribution in [0, 0.1) is 5.92 Å². The van der Waals surface area contributed by atoms with Crippen LogP contribution >= 0.6 is 0 Å². The van der Waals surface area contributed by atoms with Crippen molar-refractivity contribution in [1.82, 2.24) is 15.5 Å². The van der Waals surface area contributed by atoms with Gasteiger partial charge in [0, 0.05) is 44.5 Å². The van der Waals surface area contributed by atoms with Crippen LogP contribution < -0.4 is 15.5 Å². The Bertz CT molecular complexity index is 509. The predicted octanol–water partition coefficient (Wildman–Crippen LogP) is 1.31. The highest BCUT2D eigenvalue weighted by Crippen LogP contribution is 2.27. The van der Waals surface area contributed by atoms with Crippen molar-refractivity contribution in [3.63, 3.8) is 0 Å². The third-order valence-electron chi connectivity index (χ3n) is 4.85. The Morgan fingerprint density at radius 3 is 2.54 bits per heavy atom. The van der Waals surface area contributed by atoms with Gasteiger partial charge in [-0.1, -0.05) is 18.2 Å². The molecule has 1 amide bonds. The minimum absolute atomic E-state index is 0.117. The van der Waals surface area contributed by atoms with E-state index in [1.165, 1.54) is 18.5 Å². The van der Waals surface area contributed by atoms with E-state index < -0.39 is 0 Å². The molecule has 24 heavy (non-hydrogen) atoms. The molecule has 1 heterocycles. The van der Waals surface area contributed by atoms with E-state index in [9.17, 15) is 4.79 Å². The summed E-state index contributed by atoms with van der Waals surface area (Å²) < 4.78 is 0. The lowest BCUT2D eigenvalue weighted by molar-refractivity contribution is -0.120. The molecule has 1 atom stereocenters. The summed E-state index contributed by atoms with van der Waals surface area (Å²) in [5.74, 6) is 0.933. The van der Waals surface area contributed by atoms with Gasteiger partial charge in [0.1, 0.15) is 0 Å². The molecule has 1 aliphatic carbocycles. The van der Waals surface area contributed by atoms with Crippen LogP contribution in [0.3, 0.4) is 0 Å². The third kappa shape index (κ3) is 5.49. The number of hydrogen-bond donors (Lipinski definition) is 2. The molecule has 0 radical (unpaired) electrons. The van der Waals surface area contributed by atoms with E-state index in [4.69, 9.17) is 0 Å². The number of amides is 1. The number of hydrogen-bond acceptors (Lipinski definition) is 4. The average Bonchev–Trinajstić information content (AvgIpc) is 3.40. The number of anilines is 1. The maximum Gasteiger partial charge on any atom is 0.234 e. The van der Waals surface area contributed by atoms with E-state index in [1.54, 1.807) is 0 Å². The van der Waals surface area contributed by atoms with Crippen molar-refractivity contribution >= 4 is 11.6 Å². The molecule has 0 aromatic heterocycles. The standard InChI is InChI=1S/C19H30N4O/c1-16(21-19(24)14-20-13-17-7-8-17)15-22-9-11-23(12-10-22)18-5-3-2-4-6-18/h2-6,16-17,20H,7-15H2,1H3,(H,21,24). The van der Waals surface area contributed by atoms with E-state index in [0.29, 0.717) is 6.54 Å². The zero-order chi connectivity index (χ0) is 16.8. The Kier molecular flexibility index (Phi) is 6.10. The molecular formula is C19H30N4O. The number of nitrogens with one attached hydrogen (secondary N) is 2. The van der Waals surface area contributed by atoms with E-state index in [-0.39, 0.29) is 11.9 Å². The topological polar surface area (TPSA) is 47.6 Å². The highest BCUT2D eigenvalue weighted by Gasteiger charge is 2.21. The minimum atomic E-state index is 0.117. The maximum absolute atomic E-state index is 11.9. The van der Waals surface area contributed by atoms with E-state index in [0.717, 1.165) is 45.2 Å². The molecule has 1 aromatic carbocycles. The number of rotatable bonds is 8. The monoisotopic (exact) mass is 330 g/mol. The normalized spacial score (nSPS) is 20.0. The number of nitrogens with zero attached hydrogens (tertiary/aromatic N) is 2. The fourth-order valence-electron chi connectivity index (χ4n) is 3.30. The molecule has 1 saturated carbocycles. The molecule has 0 spiro atoms. The number of para-hydroxylation sites is 1. The van der Waals surface area contributed by atoms with E-state index in [1.807, 2.05) is 0 Å². The van der Waals surface area contributed by atoms with Crippen molar-refractivity contribution in [3.8, 4) is 0 Å². The Labute approximate surface area is 145 Å². The van der Waals surface area contributed by atoms with Crippen LogP contribution in [0.15, 0.2) is 30.3 Å². The lowest BCUT2D eigenvalue weighted by atomic mass is 10.2. The van der Waals surface area contributed by atoms with Gasteiger partial charge in [0.05, 0.1) is 6.54 Å². The average molecular weight is 330 g/mol. The molecule has 1 aliphatic heterocycles. The first-order chi connectivity index (χ1) is 11.7. The van der Waals surface area contributed by atoms with Gasteiger partial charge >= 0.3 is 0 Å². The van der Waals surface area contributed by atoms with Crippen LogP contribution in [0.2, 0.25) is 0 Å². The van der Waals surface area contributed by atoms with E-state index >= 15 is 0 Å². The van der Waals surface area contributed by atoms with Gasteiger partial charge in [-0.15, -0.1) is 0 Å². The molecule has 5 heteroatoms. The largest absolute Gasteiger partial charge is 0.369 e. The molecule has 2 aliphatic rings. The second kappa shape index (κ2) is 8.49. The summed E-state index contributed by atoms with van der Waals surface area (Å²) in [6, 6.07) is 10.8. The smallest absolute Gasteiger partial charge is 0.234 e. The van der Waals surface area contributed by atoms with Crippen molar-refractivity contribution < 1.29 is 4.79 Å². The van der Waals surface area contributed by atoms with Crippen LogP contribution in [0.25, 0.3) is 0 Å². The SMILES string of the molecule is CC(CN1CCN(c2ccccc2)CC1)NC(=O)CNCC1CC1. The van der Waals surface area contributed by atoms with Crippen LogP contribution in [-0.4, -0.2) is 62.7 Å². The van der Waals surface area contributed by atoms with Crippen molar-refractivity contribution in [2.75, 3.05) is 50.7 Å². The van der Waals surface area contributed by atoms with Gasteiger partial charge in [-0.25, -0.2) is 0 Å². The zero-order valence-corrected chi connectivity index (χ0v) is 14.7. The summed E-state index contributed by atoms with van der Waals surface area (Å²) >= 11 is 0. The first-order valence-corrected chi connectivity index (χ1v) is 9.23. The fraction of sp³-hybridized carbons (Fsp3) is 0.632. The summed E-state index contributed by atoms with van der Waals surface area (Å²) in [6.07, 6.45) is 2.64. The molecule has 1 saturated heterocycles. The van der Waals surface area contributed by atoms with Gasteiger partial charge in [0.15, 0.2) is 0 Å². The number of benzene rings is 1. The summed E-state index contributed by atoms with van der Waals surface area (Å²) in [7, 11) is 0. The Morgan fingerprint density at radius 2 is 1.88 bits per heavy atom. The number of piperazine rings is 1. The van der Waals surface area contributed by atoms with Gasteiger partial charge < -0.3 is 15.5 Å². The third-order valence-corrected chi connectivity index (χ3v) is 4.85. The van der Waals surface area contributed by atoms with E-state index in [2.05, 4.69) is 57.7 Å². The lowest BCUT2D eigenvalue weighted by Crippen LogP contribution is -2.51. The van der Waals surface area contributed by atoms with Gasteiger partial charge in [0.2, 0.25) is 5.91 Å². The molecule has 3 rings (SSSR count). The number of carbonyl (C=O) groups is 1. The molecular weight excluding hydrogens is 300 g/mol. The molecule has 5 nitrogen and oxygen atoms in total. The van der Waals surface area contributed by atoms with Gasteiger partial charge in [-0.3, -0.25) is 9.69 Å². The van der Waals surface area contributed by atoms with Crippen LogP contribution in [0.4, 0.5) is 5.69 Å². The molecule has 1 unspecified atom stereocenters. The molecule has 2 fully saturated rings. The van der Waals surface area contributed by atoms with Crippen LogP contribution in [0.1, 0.15) is 19.8 Å². The quantitative estimate of drug-likeness (QED) is 0.755. The second-order valence-corrected chi connectivity index (χ2v) is 7.17. The lowest BCUT2D eigenvalue weighted by Gasteiger charge is -2.37. The molecule has 0 bridgehead atoms. The van der Waals surface area contributed by atoms with Gasteiger partial charge in [-0.2, -0.15) is 0 Å². The van der Waals surface area contributed by atoms with Crippen LogP contribution in [-0.2, 0) is 4.79 Å². The predicted molar refractivity (Wildman–Crippen MR) is 98.3 cm³/mol. The van der Waals surface area contributed by atoms with Crippen molar-refractivity contribution in [2.45, 2.75) is 25.8 Å². The Hall–Kier alpha value is -1.59. The number of carbonyl (C=O) groups excluding carboxylic acids is 1. The Balaban J connectivity index is 1.32. The van der Waals surface area contributed by atoms with Gasteiger partial charge in [-0.05, 0) is 44.4 Å². The summed E-state index contributed by atoms with van der Waals surface area (Å²) in [4.78, 5) is 16.8. The molecule has 132 valence electrons. The highest BCUT2D eigenvalue weighted by molar-refractivity contribution is 5.78. The molecule has 2 N–H and O–H groups in total. The summed E-state index contributed by atoms with van der Waals surface area (Å²) in [5, 5.41) is 6.36. The fourth-order valence-corrected chi connectivity index (χ4v) is 3.30. The zero-order valence-electron chi connectivity index (χ0n) is 14.7. The van der Waals surface area contributed by atoms with Gasteiger partial charge in [0.25, 0.3) is 0 Å². The van der Waals surface area contributed by atoms with Crippen molar-refractivity contribution in [1.29, 1.82) is 0 Å². The van der Waals surface area contributed by atoms with Crippen molar-refractivity contribution in [2.24, 2.45) is 5.92 Å². The highest BCUT2D eigenvalue weighted by atomic mass is 16.2. The van der Waals surface area contributed by atoms with Crippen molar-refractivity contribution in [3.05, 3.63) is 30.3 Å². The summed E-state index contributed by atoms with van der Waals surface area (Å²) in [5.41, 5.74) is 1.31.